The van der Waals surface area contributed by atoms with Crippen LogP contribution in [0.3, 0.4) is 0 Å². The zero-order valence-corrected chi connectivity index (χ0v) is 10.3. The third kappa shape index (κ3) is 3.46. The smallest absolute Gasteiger partial charge is 0.340 e. The molecule has 0 atom stereocenters. The zero-order chi connectivity index (χ0) is 13.9. The minimum Gasteiger partial charge on any atom is -0.478 e. The van der Waals surface area contributed by atoms with Crippen LogP contribution in [0.5, 0.6) is 5.75 Å². The lowest BCUT2D eigenvalue weighted by atomic mass is 10.1. The second-order valence-electron chi connectivity index (χ2n) is 4.57. The summed E-state index contributed by atoms with van der Waals surface area (Å²) in [6, 6.07) is 3.91. The third-order valence-electron chi connectivity index (χ3n) is 1.85. The summed E-state index contributed by atoms with van der Waals surface area (Å²) >= 11 is 0. The predicted octanol–water partition coefficient (Wildman–Crippen LogP) is 2.19. The Morgan fingerprint density at radius 1 is 1.11 bits per heavy atom. The van der Waals surface area contributed by atoms with E-state index < -0.39 is 23.1 Å². The van der Waals surface area contributed by atoms with Crippen molar-refractivity contribution in [1.29, 1.82) is 0 Å². The Bertz CT molecular complexity index is 472. The first-order chi connectivity index (χ1) is 8.22. The Kier molecular flexibility index (Phi) is 3.93. The van der Waals surface area contributed by atoms with E-state index in [4.69, 9.17) is 20.0 Å². The van der Waals surface area contributed by atoms with Crippen molar-refractivity contribution in [3.05, 3.63) is 29.3 Å². The van der Waals surface area contributed by atoms with Crippen molar-refractivity contribution in [3.8, 4) is 5.75 Å². The van der Waals surface area contributed by atoms with Crippen LogP contribution in [0, 0.1) is 0 Å². The van der Waals surface area contributed by atoms with Gasteiger partial charge >= 0.3 is 11.9 Å². The first kappa shape index (κ1) is 14.0. The molecule has 0 saturated heterocycles. The van der Waals surface area contributed by atoms with E-state index in [9.17, 15) is 9.59 Å². The Hall–Kier alpha value is -2.08. The van der Waals surface area contributed by atoms with Gasteiger partial charge in [-0.2, -0.15) is 4.89 Å². The van der Waals surface area contributed by atoms with E-state index in [-0.39, 0.29) is 11.3 Å². The molecule has 0 fully saturated rings. The minimum atomic E-state index is -1.39. The Morgan fingerprint density at radius 2 is 1.72 bits per heavy atom. The van der Waals surface area contributed by atoms with Crippen LogP contribution in [-0.2, 0) is 4.89 Å². The lowest BCUT2D eigenvalue weighted by Crippen LogP contribution is -2.22. The highest BCUT2D eigenvalue weighted by Gasteiger charge is 2.23. The van der Waals surface area contributed by atoms with Gasteiger partial charge in [-0.25, -0.2) is 9.59 Å². The summed E-state index contributed by atoms with van der Waals surface area (Å²) in [4.78, 5) is 31.9. The second kappa shape index (κ2) is 5.05. The van der Waals surface area contributed by atoms with E-state index in [2.05, 4.69) is 0 Å². The number of hydrogen-bond acceptors (Lipinski definition) is 4. The maximum absolute atomic E-state index is 11.1. The summed E-state index contributed by atoms with van der Waals surface area (Å²) in [6.07, 6.45) is 0. The molecule has 0 saturated carbocycles. The first-order valence-electron chi connectivity index (χ1n) is 5.17. The number of rotatable bonds is 4. The minimum absolute atomic E-state index is 0.141. The van der Waals surface area contributed by atoms with Crippen LogP contribution in [0.1, 0.15) is 41.5 Å². The van der Waals surface area contributed by atoms with Crippen molar-refractivity contribution in [2.24, 2.45) is 0 Å². The molecule has 0 aliphatic rings. The molecule has 1 aromatic rings. The van der Waals surface area contributed by atoms with E-state index in [1.807, 2.05) is 0 Å². The van der Waals surface area contributed by atoms with E-state index in [1.54, 1.807) is 20.8 Å². The molecule has 2 N–H and O–H groups in total. The molecular formula is C12H14O6. The molecule has 18 heavy (non-hydrogen) atoms. The van der Waals surface area contributed by atoms with Gasteiger partial charge in [-0.1, -0.05) is 6.07 Å². The Labute approximate surface area is 104 Å². The molecule has 6 heteroatoms. The van der Waals surface area contributed by atoms with Gasteiger partial charge in [0.15, 0.2) is 5.75 Å². The van der Waals surface area contributed by atoms with Gasteiger partial charge in [-0.3, -0.25) is 0 Å². The van der Waals surface area contributed by atoms with E-state index in [0.717, 1.165) is 0 Å². The zero-order valence-electron chi connectivity index (χ0n) is 10.3. The van der Waals surface area contributed by atoms with Crippen LogP contribution in [0.15, 0.2) is 18.2 Å². The fraction of sp³-hybridized carbons (Fsp3) is 0.333. The highest BCUT2D eigenvalue weighted by molar-refractivity contribution is 6.03. The van der Waals surface area contributed by atoms with Crippen molar-refractivity contribution in [2.75, 3.05) is 0 Å². The summed E-state index contributed by atoms with van der Waals surface area (Å²) in [5, 5.41) is 17.9. The third-order valence-corrected chi connectivity index (χ3v) is 1.85. The van der Waals surface area contributed by atoms with Gasteiger partial charge in [0, 0.05) is 0 Å². The molecule has 1 aromatic carbocycles. The lowest BCUT2D eigenvalue weighted by molar-refractivity contribution is -0.274. The largest absolute Gasteiger partial charge is 0.478 e. The molecule has 0 aliphatic heterocycles. The maximum Gasteiger partial charge on any atom is 0.340 e. The normalized spacial score (nSPS) is 11.1. The molecular weight excluding hydrogens is 240 g/mol. The quantitative estimate of drug-likeness (QED) is 0.632. The van der Waals surface area contributed by atoms with E-state index >= 15 is 0 Å². The van der Waals surface area contributed by atoms with Gasteiger partial charge in [0.2, 0.25) is 0 Å². The fourth-order valence-corrected chi connectivity index (χ4v) is 1.17. The average molecular weight is 254 g/mol. The monoisotopic (exact) mass is 254 g/mol. The summed E-state index contributed by atoms with van der Waals surface area (Å²) in [5.74, 6) is -2.87. The highest BCUT2D eigenvalue weighted by atomic mass is 17.2. The van der Waals surface area contributed by atoms with E-state index in [0.29, 0.717) is 0 Å². The molecule has 0 radical (unpaired) electrons. The van der Waals surface area contributed by atoms with Crippen molar-refractivity contribution >= 4 is 11.9 Å². The number of hydrogen-bond donors (Lipinski definition) is 2. The van der Waals surface area contributed by atoms with Gasteiger partial charge in [0.25, 0.3) is 0 Å². The van der Waals surface area contributed by atoms with Gasteiger partial charge in [-0.05, 0) is 32.9 Å². The van der Waals surface area contributed by atoms with Crippen molar-refractivity contribution in [3.63, 3.8) is 0 Å². The standard InChI is InChI=1S/C12H14O6/c1-12(2,3)18-17-8-6-4-5-7(10(13)14)9(8)11(15)16/h4-6H,1-3H3,(H,13,14)(H,15,16). The van der Waals surface area contributed by atoms with Gasteiger partial charge < -0.3 is 15.1 Å². The fourth-order valence-electron chi connectivity index (χ4n) is 1.17. The highest BCUT2D eigenvalue weighted by Crippen LogP contribution is 2.24. The molecule has 0 heterocycles. The van der Waals surface area contributed by atoms with Crippen LogP contribution < -0.4 is 4.89 Å². The second-order valence-corrected chi connectivity index (χ2v) is 4.57. The first-order valence-corrected chi connectivity index (χ1v) is 5.17. The lowest BCUT2D eigenvalue weighted by Gasteiger charge is -2.18. The number of carbonyl (C=O) groups is 2. The summed E-state index contributed by atoms with van der Waals surface area (Å²) in [5.41, 5.74) is -1.43. The topological polar surface area (TPSA) is 93.1 Å². The molecule has 1 rings (SSSR count). The molecule has 0 amide bonds. The molecule has 0 spiro atoms. The van der Waals surface area contributed by atoms with Crippen LogP contribution in [-0.4, -0.2) is 27.8 Å². The van der Waals surface area contributed by atoms with Gasteiger partial charge in [0.05, 0.1) is 5.56 Å². The Morgan fingerprint density at radius 3 is 2.17 bits per heavy atom. The van der Waals surface area contributed by atoms with Crippen LogP contribution in [0.4, 0.5) is 0 Å². The molecule has 0 unspecified atom stereocenters. The SMILES string of the molecule is CC(C)(C)OOc1cccc(C(=O)O)c1C(=O)O. The maximum atomic E-state index is 11.1. The van der Waals surface area contributed by atoms with Crippen LogP contribution >= 0.6 is 0 Å². The molecule has 0 aliphatic carbocycles. The van der Waals surface area contributed by atoms with Gasteiger partial charge in [0.1, 0.15) is 11.2 Å². The number of benzene rings is 1. The van der Waals surface area contributed by atoms with Crippen LogP contribution in [0.25, 0.3) is 0 Å². The molecule has 98 valence electrons. The van der Waals surface area contributed by atoms with Crippen molar-refractivity contribution in [1.82, 2.24) is 0 Å². The molecule has 0 bridgehead atoms. The van der Waals surface area contributed by atoms with Gasteiger partial charge in [-0.15, -0.1) is 0 Å². The van der Waals surface area contributed by atoms with Crippen LogP contribution in [0.2, 0.25) is 0 Å². The summed E-state index contributed by atoms with van der Waals surface area (Å²) in [7, 11) is 0. The predicted molar refractivity (Wildman–Crippen MR) is 61.8 cm³/mol. The van der Waals surface area contributed by atoms with Crippen molar-refractivity contribution in [2.45, 2.75) is 26.4 Å². The van der Waals surface area contributed by atoms with Crippen molar-refractivity contribution < 1.29 is 29.6 Å². The summed E-state index contributed by atoms with van der Waals surface area (Å²) < 4.78 is 0. The number of carboxylic acid groups (broad SMARTS) is 2. The summed E-state index contributed by atoms with van der Waals surface area (Å²) in [6.45, 7) is 5.15. The average Bonchev–Trinajstić information content (AvgIpc) is 2.24. The number of aromatic carboxylic acids is 2. The molecule has 6 nitrogen and oxygen atoms in total. The number of carboxylic acids is 2. The molecule has 0 aromatic heterocycles. The Balaban J connectivity index is 3.15. The van der Waals surface area contributed by atoms with E-state index in [1.165, 1.54) is 18.2 Å².